The zero-order valence-corrected chi connectivity index (χ0v) is 13.6. The van der Waals surface area contributed by atoms with E-state index in [4.69, 9.17) is 0 Å². The molecule has 0 unspecified atom stereocenters. The minimum Gasteiger partial charge on any atom is -0.352 e. The summed E-state index contributed by atoms with van der Waals surface area (Å²) in [5.41, 5.74) is 1.91. The number of halogens is 2. The third-order valence-electron chi connectivity index (χ3n) is 4.98. The number of carbonyl (C=O) groups is 2. The molecule has 0 saturated carbocycles. The van der Waals surface area contributed by atoms with Crippen LogP contribution in [-0.4, -0.2) is 22.7 Å². The van der Waals surface area contributed by atoms with Crippen LogP contribution >= 0.6 is 0 Å². The quantitative estimate of drug-likeness (QED) is 0.805. The van der Waals surface area contributed by atoms with Gasteiger partial charge in [-0.05, 0) is 50.8 Å². The highest BCUT2D eigenvalue weighted by Gasteiger charge is 2.53. The largest absolute Gasteiger partial charge is 0.352 e. The van der Waals surface area contributed by atoms with Gasteiger partial charge in [0, 0.05) is 23.4 Å². The Morgan fingerprint density at radius 2 is 1.88 bits per heavy atom. The number of Topliss-reactive ketones (excluding diaryl/α,β-unsaturated/α-hetero) is 1. The highest BCUT2D eigenvalue weighted by molar-refractivity contribution is 6.10. The fourth-order valence-electron chi connectivity index (χ4n) is 3.84. The molecule has 0 radical (unpaired) electrons. The van der Waals surface area contributed by atoms with Crippen LogP contribution in [0.2, 0.25) is 0 Å². The first-order valence-electron chi connectivity index (χ1n) is 8.26. The van der Waals surface area contributed by atoms with Crippen LogP contribution in [0.1, 0.15) is 54.7 Å². The van der Waals surface area contributed by atoms with Gasteiger partial charge in [-0.1, -0.05) is 0 Å². The first-order valence-corrected chi connectivity index (χ1v) is 8.26. The Morgan fingerprint density at radius 3 is 2.58 bits per heavy atom. The number of benzene rings is 1. The molecule has 0 spiro atoms. The van der Waals surface area contributed by atoms with Crippen molar-refractivity contribution in [1.29, 1.82) is 0 Å². The Hall–Kier alpha value is -2.24. The van der Waals surface area contributed by atoms with E-state index in [9.17, 15) is 18.4 Å². The summed E-state index contributed by atoms with van der Waals surface area (Å²) in [4.78, 5) is 28.5. The lowest BCUT2D eigenvalue weighted by molar-refractivity contribution is -0.141. The van der Waals surface area contributed by atoms with Crippen LogP contribution in [0.25, 0.3) is 10.9 Å². The molecular weight excluding hydrogens is 314 g/mol. The number of aromatic amines is 1. The van der Waals surface area contributed by atoms with Crippen LogP contribution in [0.15, 0.2) is 12.1 Å². The van der Waals surface area contributed by atoms with Crippen LogP contribution in [0.5, 0.6) is 0 Å². The molecule has 2 aliphatic rings. The van der Waals surface area contributed by atoms with Crippen LogP contribution in [0, 0.1) is 0 Å². The number of hydrogen-bond acceptors (Lipinski definition) is 2. The Balaban J connectivity index is 2.00. The number of rotatable bonds is 1. The minimum atomic E-state index is -3.53. The Labute approximate surface area is 137 Å². The number of H-pyrrole nitrogens is 1. The molecule has 1 aliphatic heterocycles. The lowest BCUT2D eigenvalue weighted by Crippen LogP contribution is -2.39. The molecule has 4 rings (SSSR count). The van der Waals surface area contributed by atoms with E-state index >= 15 is 0 Å². The highest BCUT2D eigenvalue weighted by atomic mass is 19.3. The summed E-state index contributed by atoms with van der Waals surface area (Å²) in [5.74, 6) is -4.68. The van der Waals surface area contributed by atoms with Crippen molar-refractivity contribution in [1.82, 2.24) is 4.98 Å². The van der Waals surface area contributed by atoms with Gasteiger partial charge in [-0.2, -0.15) is 8.78 Å². The van der Waals surface area contributed by atoms with Crippen molar-refractivity contribution in [2.75, 3.05) is 4.90 Å². The maximum atomic E-state index is 14.4. The second kappa shape index (κ2) is 4.88. The van der Waals surface area contributed by atoms with Gasteiger partial charge in [0.1, 0.15) is 0 Å². The third-order valence-corrected chi connectivity index (χ3v) is 4.98. The van der Waals surface area contributed by atoms with Gasteiger partial charge in [-0.25, -0.2) is 0 Å². The van der Waals surface area contributed by atoms with Gasteiger partial charge in [0.25, 0.3) is 0 Å². The first kappa shape index (κ1) is 15.3. The highest BCUT2D eigenvalue weighted by Crippen LogP contribution is 2.47. The van der Waals surface area contributed by atoms with Crippen molar-refractivity contribution in [2.24, 2.45) is 0 Å². The van der Waals surface area contributed by atoms with Crippen molar-refractivity contribution in [2.45, 2.75) is 51.5 Å². The van der Waals surface area contributed by atoms with Crippen LogP contribution in [-0.2, 0) is 17.1 Å². The van der Waals surface area contributed by atoms with Gasteiger partial charge in [-0.3, -0.25) is 9.59 Å². The lowest BCUT2D eigenvalue weighted by atomic mass is 10.0. The van der Waals surface area contributed by atoms with Crippen LogP contribution in [0.3, 0.4) is 0 Å². The topological polar surface area (TPSA) is 53.2 Å². The zero-order valence-electron chi connectivity index (χ0n) is 13.6. The molecule has 24 heavy (non-hydrogen) atoms. The molecule has 0 atom stereocenters. The van der Waals surface area contributed by atoms with E-state index in [1.165, 1.54) is 6.07 Å². The Bertz CT molecular complexity index is 883. The molecule has 1 aliphatic carbocycles. The average Bonchev–Trinajstić information content (AvgIpc) is 2.88. The number of nitrogens with one attached hydrogen (secondary N) is 1. The minimum absolute atomic E-state index is 0.0300. The smallest absolute Gasteiger partial charge is 0.352 e. The summed E-state index contributed by atoms with van der Waals surface area (Å²) >= 11 is 0. The maximum absolute atomic E-state index is 14.4. The molecule has 6 heteroatoms. The summed E-state index contributed by atoms with van der Waals surface area (Å²) in [5, 5.41) is 0.773. The van der Waals surface area contributed by atoms with E-state index in [1.807, 2.05) is 0 Å². The number of ketones is 1. The number of anilines is 1. The number of hydrogen-bond donors (Lipinski definition) is 1. The Kier molecular flexibility index (Phi) is 3.11. The fraction of sp³-hybridized carbons (Fsp3) is 0.444. The van der Waals surface area contributed by atoms with E-state index < -0.39 is 11.8 Å². The molecule has 4 nitrogen and oxygen atoms in total. The number of aryl methyl sites for hydroxylation is 1. The molecule has 2 aromatic rings. The Morgan fingerprint density at radius 1 is 1.17 bits per heavy atom. The number of carbonyl (C=O) groups excluding carboxylic acids is 2. The SMILES string of the molecule is CC(C)N1C(=O)C(F)(F)c2cc3[nH]c4c(c3cc21)CCCCC4=O. The molecule has 1 aromatic carbocycles. The molecule has 0 bridgehead atoms. The monoisotopic (exact) mass is 332 g/mol. The molecule has 1 aromatic heterocycles. The van der Waals surface area contributed by atoms with E-state index in [-0.39, 0.29) is 23.1 Å². The predicted molar refractivity (Wildman–Crippen MR) is 86.7 cm³/mol. The second-order valence-corrected chi connectivity index (χ2v) is 6.87. The number of alkyl halides is 2. The van der Waals surface area contributed by atoms with Gasteiger partial charge in [0.05, 0.1) is 16.9 Å². The summed E-state index contributed by atoms with van der Waals surface area (Å²) in [6, 6.07) is 2.63. The number of fused-ring (bicyclic) bond motifs is 4. The van der Waals surface area contributed by atoms with Crippen LogP contribution < -0.4 is 4.90 Å². The van der Waals surface area contributed by atoms with E-state index in [0.29, 0.717) is 17.6 Å². The molecule has 1 amide bonds. The van der Waals surface area contributed by atoms with Crippen molar-refractivity contribution < 1.29 is 18.4 Å². The third kappa shape index (κ3) is 1.88. The molecule has 0 saturated heterocycles. The zero-order chi connectivity index (χ0) is 17.2. The van der Waals surface area contributed by atoms with Gasteiger partial charge < -0.3 is 9.88 Å². The van der Waals surface area contributed by atoms with Crippen molar-refractivity contribution in [3.8, 4) is 0 Å². The van der Waals surface area contributed by atoms with E-state index in [0.717, 1.165) is 35.1 Å². The van der Waals surface area contributed by atoms with Gasteiger partial charge >= 0.3 is 11.8 Å². The van der Waals surface area contributed by atoms with Crippen molar-refractivity contribution >= 4 is 28.3 Å². The number of nitrogens with zero attached hydrogens (tertiary/aromatic N) is 1. The summed E-state index contributed by atoms with van der Waals surface area (Å²) in [6.45, 7) is 3.43. The molecular formula is C18H18F2N2O2. The van der Waals surface area contributed by atoms with E-state index in [1.54, 1.807) is 19.9 Å². The lowest BCUT2D eigenvalue weighted by Gasteiger charge is -2.21. The number of aromatic nitrogens is 1. The maximum Gasteiger partial charge on any atom is 0.352 e. The predicted octanol–water partition coefficient (Wildman–Crippen LogP) is 3.92. The molecule has 0 fully saturated rings. The average molecular weight is 332 g/mol. The number of amides is 1. The second-order valence-electron chi connectivity index (χ2n) is 6.87. The van der Waals surface area contributed by atoms with Crippen LogP contribution in [0.4, 0.5) is 14.5 Å². The van der Waals surface area contributed by atoms with Crippen molar-refractivity contribution in [3.05, 3.63) is 29.0 Å². The summed E-state index contributed by atoms with van der Waals surface area (Å²) < 4.78 is 28.8. The van der Waals surface area contributed by atoms with Gasteiger partial charge in [-0.15, -0.1) is 0 Å². The normalized spacial score (nSPS) is 19.8. The molecule has 126 valence electrons. The van der Waals surface area contributed by atoms with Gasteiger partial charge in [0.2, 0.25) is 0 Å². The summed E-state index contributed by atoms with van der Waals surface area (Å²) in [6.07, 6.45) is 2.95. The summed E-state index contributed by atoms with van der Waals surface area (Å²) in [7, 11) is 0. The standard InChI is InChI=1S/C18H18F2N2O2/c1-9(2)22-14-7-11-10-5-3-4-6-15(23)16(10)21-13(11)8-12(14)18(19,20)17(22)24/h7-9,21H,3-6H2,1-2H3. The molecule has 2 heterocycles. The van der Waals surface area contributed by atoms with Crippen molar-refractivity contribution in [3.63, 3.8) is 0 Å². The van der Waals surface area contributed by atoms with Gasteiger partial charge in [0.15, 0.2) is 5.78 Å². The fourth-order valence-corrected chi connectivity index (χ4v) is 3.84. The molecule has 1 N–H and O–H groups in total. The first-order chi connectivity index (χ1) is 11.3. The van der Waals surface area contributed by atoms with E-state index in [2.05, 4.69) is 4.98 Å².